The molecule has 0 spiro atoms. The second kappa shape index (κ2) is 9.76. The van der Waals surface area contributed by atoms with Crippen LogP contribution >= 0.6 is 0 Å². The number of rotatable bonds is 6. The van der Waals surface area contributed by atoms with Crippen LogP contribution < -0.4 is 10.1 Å². The Kier molecular flexibility index (Phi) is 7.11. The Labute approximate surface area is 178 Å². The number of hydrogen-bond acceptors (Lipinski definition) is 4. The maximum atomic E-state index is 13.3. The summed E-state index contributed by atoms with van der Waals surface area (Å²) >= 11 is 0. The van der Waals surface area contributed by atoms with E-state index in [0.717, 1.165) is 22.4 Å². The number of ether oxygens (including phenoxy) is 1. The van der Waals surface area contributed by atoms with Crippen molar-refractivity contribution in [2.24, 2.45) is 0 Å². The smallest absolute Gasteiger partial charge is 0.245 e. The lowest BCUT2D eigenvalue weighted by Gasteiger charge is -2.33. The maximum absolute atomic E-state index is 13.3. The zero-order chi connectivity index (χ0) is 21.7. The molecule has 2 aromatic carbocycles. The summed E-state index contributed by atoms with van der Waals surface area (Å²) in [5.74, 6) is 0.558. The fourth-order valence-electron chi connectivity index (χ4n) is 3.69. The van der Waals surface area contributed by atoms with Crippen molar-refractivity contribution in [3.05, 3.63) is 65.2 Å². The Hall–Kier alpha value is -2.86. The molecule has 2 atom stereocenters. The number of hydrogen-bond donors (Lipinski definition) is 1. The quantitative estimate of drug-likeness (QED) is 0.796. The minimum Gasteiger partial charge on any atom is -0.491 e. The fourth-order valence-corrected chi connectivity index (χ4v) is 3.69. The molecule has 1 aliphatic rings. The number of benzene rings is 2. The molecule has 3 rings (SSSR count). The van der Waals surface area contributed by atoms with Gasteiger partial charge in [0.2, 0.25) is 11.8 Å². The number of nitrogens with one attached hydrogen (secondary N) is 1. The third-order valence-corrected chi connectivity index (χ3v) is 5.28. The summed E-state index contributed by atoms with van der Waals surface area (Å²) in [7, 11) is 3.96. The number of amides is 2. The van der Waals surface area contributed by atoms with Crippen LogP contribution in [0.15, 0.2) is 48.5 Å². The molecule has 0 bridgehead atoms. The molecule has 0 saturated carbocycles. The first-order valence-electron chi connectivity index (χ1n) is 10.3. The summed E-state index contributed by atoms with van der Waals surface area (Å²) in [5, 5.41) is 2.87. The Morgan fingerprint density at radius 3 is 2.57 bits per heavy atom. The lowest BCUT2D eigenvalue weighted by Crippen LogP contribution is -2.53. The van der Waals surface area contributed by atoms with Crippen LogP contribution in [-0.2, 0) is 22.6 Å². The van der Waals surface area contributed by atoms with Gasteiger partial charge in [0.1, 0.15) is 18.4 Å². The number of likely N-dealkylation sites (N-methyl/N-ethyl adjacent to an activating group) is 1. The molecule has 160 valence electrons. The van der Waals surface area contributed by atoms with Gasteiger partial charge in [-0.25, -0.2) is 0 Å². The van der Waals surface area contributed by atoms with E-state index in [2.05, 4.69) is 5.32 Å². The van der Waals surface area contributed by atoms with Crippen LogP contribution in [0.2, 0.25) is 0 Å². The summed E-state index contributed by atoms with van der Waals surface area (Å²) in [6.07, 6.45) is 0.255. The van der Waals surface area contributed by atoms with E-state index in [-0.39, 0.29) is 24.3 Å². The topological polar surface area (TPSA) is 61.9 Å². The number of carbonyl (C=O) groups excluding carboxylic acids is 2. The average molecular weight is 410 g/mol. The molecule has 0 saturated heterocycles. The van der Waals surface area contributed by atoms with Gasteiger partial charge >= 0.3 is 0 Å². The van der Waals surface area contributed by atoms with Gasteiger partial charge < -0.3 is 19.9 Å². The molecule has 2 amide bonds. The highest BCUT2D eigenvalue weighted by Gasteiger charge is 2.32. The predicted octanol–water partition coefficient (Wildman–Crippen LogP) is 2.39. The van der Waals surface area contributed by atoms with Crippen LogP contribution in [0.25, 0.3) is 0 Å². The highest BCUT2D eigenvalue weighted by molar-refractivity contribution is 5.88. The zero-order valence-corrected chi connectivity index (χ0v) is 18.2. The highest BCUT2D eigenvalue weighted by Crippen LogP contribution is 2.25. The number of fused-ring (bicyclic) bond motifs is 1. The largest absolute Gasteiger partial charge is 0.491 e. The normalized spacial score (nSPS) is 17.0. The van der Waals surface area contributed by atoms with E-state index in [9.17, 15) is 9.59 Å². The molecule has 2 unspecified atom stereocenters. The van der Waals surface area contributed by atoms with Crippen LogP contribution in [0.5, 0.6) is 5.75 Å². The molecule has 0 fully saturated rings. The Morgan fingerprint density at radius 1 is 1.17 bits per heavy atom. The van der Waals surface area contributed by atoms with Gasteiger partial charge in [-0.2, -0.15) is 0 Å². The number of aryl methyl sites for hydroxylation is 1. The number of carbonyl (C=O) groups is 2. The van der Waals surface area contributed by atoms with Gasteiger partial charge in [-0.05, 0) is 39.6 Å². The maximum Gasteiger partial charge on any atom is 0.245 e. The van der Waals surface area contributed by atoms with Crippen molar-refractivity contribution >= 4 is 11.8 Å². The first-order valence-corrected chi connectivity index (χ1v) is 10.3. The Morgan fingerprint density at radius 2 is 1.87 bits per heavy atom. The molecule has 0 aromatic heterocycles. The summed E-state index contributed by atoms with van der Waals surface area (Å²) in [6.45, 7) is 5.33. The van der Waals surface area contributed by atoms with Gasteiger partial charge in [0, 0.05) is 18.7 Å². The second-order valence-electron chi connectivity index (χ2n) is 8.25. The molecule has 0 aliphatic carbocycles. The SMILES string of the molecule is Cc1ccc(CC(=O)NC(C)C(=O)N2Cc3ccccc3OCC2CN(C)C)cc1. The molecular formula is C24H31N3O3. The van der Waals surface area contributed by atoms with Gasteiger partial charge in [-0.1, -0.05) is 48.0 Å². The van der Waals surface area contributed by atoms with Gasteiger partial charge in [0.15, 0.2) is 0 Å². The van der Waals surface area contributed by atoms with Gasteiger partial charge in [-0.3, -0.25) is 9.59 Å². The van der Waals surface area contributed by atoms with E-state index in [1.807, 2.05) is 79.3 Å². The van der Waals surface area contributed by atoms with Crippen molar-refractivity contribution in [1.29, 1.82) is 0 Å². The molecule has 1 heterocycles. The second-order valence-corrected chi connectivity index (χ2v) is 8.25. The molecule has 2 aromatic rings. The predicted molar refractivity (Wildman–Crippen MR) is 117 cm³/mol. The summed E-state index contributed by atoms with van der Waals surface area (Å²) in [6, 6.07) is 14.9. The highest BCUT2D eigenvalue weighted by atomic mass is 16.5. The van der Waals surface area contributed by atoms with E-state index in [1.165, 1.54) is 0 Å². The summed E-state index contributed by atoms with van der Waals surface area (Å²) < 4.78 is 5.98. The van der Waals surface area contributed by atoms with E-state index in [0.29, 0.717) is 19.7 Å². The molecule has 0 radical (unpaired) electrons. The van der Waals surface area contributed by atoms with Crippen LogP contribution in [0.3, 0.4) is 0 Å². The first kappa shape index (κ1) is 21.8. The van der Waals surface area contributed by atoms with Crippen LogP contribution in [0, 0.1) is 6.92 Å². The Balaban J connectivity index is 1.70. The van der Waals surface area contributed by atoms with Gasteiger partial charge in [0.25, 0.3) is 0 Å². The monoisotopic (exact) mass is 409 g/mol. The van der Waals surface area contributed by atoms with Crippen molar-refractivity contribution < 1.29 is 14.3 Å². The summed E-state index contributed by atoms with van der Waals surface area (Å²) in [5.41, 5.74) is 3.06. The number of nitrogens with zero attached hydrogens (tertiary/aromatic N) is 2. The fraction of sp³-hybridized carbons (Fsp3) is 0.417. The van der Waals surface area contributed by atoms with Crippen molar-refractivity contribution in [2.45, 2.75) is 38.9 Å². The third-order valence-electron chi connectivity index (χ3n) is 5.28. The molecule has 30 heavy (non-hydrogen) atoms. The van der Waals surface area contributed by atoms with E-state index >= 15 is 0 Å². The summed E-state index contributed by atoms with van der Waals surface area (Å²) in [4.78, 5) is 29.7. The van der Waals surface area contributed by atoms with Crippen molar-refractivity contribution in [3.63, 3.8) is 0 Å². The van der Waals surface area contributed by atoms with Crippen molar-refractivity contribution in [2.75, 3.05) is 27.2 Å². The van der Waals surface area contributed by atoms with Crippen molar-refractivity contribution in [1.82, 2.24) is 15.1 Å². The average Bonchev–Trinajstić information content (AvgIpc) is 2.88. The minimum atomic E-state index is -0.613. The number of para-hydroxylation sites is 1. The first-order chi connectivity index (χ1) is 14.3. The van der Waals surface area contributed by atoms with Gasteiger partial charge in [0.05, 0.1) is 12.5 Å². The zero-order valence-electron chi connectivity index (χ0n) is 18.2. The molecule has 6 heteroatoms. The molecular weight excluding hydrogens is 378 g/mol. The van der Waals surface area contributed by atoms with E-state index in [4.69, 9.17) is 4.74 Å². The molecule has 6 nitrogen and oxygen atoms in total. The molecule has 1 N–H and O–H groups in total. The van der Waals surface area contributed by atoms with E-state index < -0.39 is 6.04 Å². The molecule has 1 aliphatic heterocycles. The van der Waals surface area contributed by atoms with Gasteiger partial charge in [-0.15, -0.1) is 0 Å². The van der Waals surface area contributed by atoms with E-state index in [1.54, 1.807) is 6.92 Å². The van der Waals surface area contributed by atoms with Crippen LogP contribution in [0.4, 0.5) is 0 Å². The third kappa shape index (κ3) is 5.60. The lowest BCUT2D eigenvalue weighted by atomic mass is 10.1. The minimum absolute atomic E-state index is 0.0978. The lowest BCUT2D eigenvalue weighted by molar-refractivity contribution is -0.139. The van der Waals surface area contributed by atoms with Crippen LogP contribution in [-0.4, -0.2) is 60.9 Å². The standard InChI is InChI=1S/C24H31N3O3/c1-17-9-11-19(12-10-17)13-23(28)25-18(2)24(29)27-14-20-7-5-6-8-22(20)30-16-21(27)15-26(3)4/h5-12,18,21H,13-16H2,1-4H3,(H,25,28). The van der Waals surface area contributed by atoms with Crippen LogP contribution in [0.1, 0.15) is 23.6 Å². The Bertz CT molecular complexity index is 880. The van der Waals surface area contributed by atoms with Crippen molar-refractivity contribution in [3.8, 4) is 5.75 Å².